The highest BCUT2D eigenvalue weighted by molar-refractivity contribution is 5.78. The van der Waals surface area contributed by atoms with Gasteiger partial charge in [0.05, 0.1) is 19.6 Å². The Kier molecular flexibility index (Phi) is 4.47. The summed E-state index contributed by atoms with van der Waals surface area (Å²) in [5, 5.41) is 0. The van der Waals surface area contributed by atoms with Gasteiger partial charge >= 0.3 is 0 Å². The predicted octanol–water partition coefficient (Wildman–Crippen LogP) is 2.89. The number of nitrogens with zero attached hydrogens (tertiary/aromatic N) is 1. The molecule has 2 heterocycles. The van der Waals surface area contributed by atoms with Crippen LogP contribution in [-0.4, -0.2) is 42.9 Å². The van der Waals surface area contributed by atoms with Crippen molar-refractivity contribution in [3.05, 3.63) is 35.4 Å². The molecule has 0 atom stereocenters. The molecule has 2 saturated heterocycles. The zero-order valence-corrected chi connectivity index (χ0v) is 14.4. The fourth-order valence-electron chi connectivity index (χ4n) is 3.29. The SMILES string of the molecule is CC(C)(C)c1ccc(CC(=O)N2CCC3(CC2)OCCO3)cc1. The van der Waals surface area contributed by atoms with Crippen LogP contribution < -0.4 is 0 Å². The van der Waals surface area contributed by atoms with Crippen LogP contribution in [0.1, 0.15) is 44.7 Å². The molecule has 4 heteroatoms. The van der Waals surface area contributed by atoms with Gasteiger partial charge in [-0.3, -0.25) is 4.79 Å². The normalized spacial score (nSPS) is 20.9. The molecule has 2 aliphatic rings. The Labute approximate surface area is 138 Å². The summed E-state index contributed by atoms with van der Waals surface area (Å²) in [4.78, 5) is 14.4. The summed E-state index contributed by atoms with van der Waals surface area (Å²) in [5.74, 6) is -0.216. The molecule has 1 aromatic rings. The van der Waals surface area contributed by atoms with Crippen LogP contribution in [-0.2, 0) is 26.1 Å². The third-order valence-electron chi connectivity index (χ3n) is 4.87. The van der Waals surface area contributed by atoms with E-state index in [1.807, 2.05) is 4.90 Å². The minimum atomic E-state index is -0.412. The van der Waals surface area contributed by atoms with Gasteiger partial charge < -0.3 is 14.4 Å². The van der Waals surface area contributed by atoms with E-state index in [9.17, 15) is 4.79 Å². The van der Waals surface area contributed by atoms with Crippen LogP contribution in [0.3, 0.4) is 0 Å². The van der Waals surface area contributed by atoms with Gasteiger partial charge in [-0.1, -0.05) is 45.0 Å². The Balaban J connectivity index is 1.55. The summed E-state index contributed by atoms with van der Waals surface area (Å²) in [5.41, 5.74) is 2.52. The quantitative estimate of drug-likeness (QED) is 0.842. The van der Waals surface area contributed by atoms with E-state index in [1.165, 1.54) is 5.56 Å². The number of benzene rings is 1. The summed E-state index contributed by atoms with van der Waals surface area (Å²) in [6, 6.07) is 8.42. The number of likely N-dealkylation sites (tertiary alicyclic amines) is 1. The fourth-order valence-corrected chi connectivity index (χ4v) is 3.29. The first-order valence-corrected chi connectivity index (χ1v) is 8.53. The van der Waals surface area contributed by atoms with Gasteiger partial charge in [-0.25, -0.2) is 0 Å². The first-order chi connectivity index (χ1) is 10.9. The molecule has 1 aromatic carbocycles. The van der Waals surface area contributed by atoms with Crippen molar-refractivity contribution in [1.82, 2.24) is 4.90 Å². The molecule has 2 fully saturated rings. The average molecular weight is 317 g/mol. The summed E-state index contributed by atoms with van der Waals surface area (Å²) in [6.07, 6.45) is 2.03. The number of hydrogen-bond donors (Lipinski definition) is 0. The molecule has 0 aromatic heterocycles. The molecule has 1 amide bonds. The summed E-state index contributed by atoms with van der Waals surface area (Å²) < 4.78 is 11.4. The van der Waals surface area contributed by atoms with Crippen LogP contribution in [0.5, 0.6) is 0 Å². The number of rotatable bonds is 2. The molecule has 0 aliphatic carbocycles. The van der Waals surface area contributed by atoms with Crippen molar-refractivity contribution in [2.24, 2.45) is 0 Å². The van der Waals surface area contributed by atoms with E-state index in [1.54, 1.807) is 0 Å². The molecule has 2 aliphatic heterocycles. The van der Waals surface area contributed by atoms with Gasteiger partial charge in [0.15, 0.2) is 5.79 Å². The van der Waals surface area contributed by atoms with Crippen molar-refractivity contribution >= 4 is 5.91 Å². The topological polar surface area (TPSA) is 38.8 Å². The molecular weight excluding hydrogens is 290 g/mol. The van der Waals surface area contributed by atoms with Gasteiger partial charge in [0.2, 0.25) is 5.91 Å². The lowest BCUT2D eigenvalue weighted by atomic mass is 9.86. The highest BCUT2D eigenvalue weighted by atomic mass is 16.7. The Hall–Kier alpha value is -1.39. The van der Waals surface area contributed by atoms with Crippen molar-refractivity contribution in [3.63, 3.8) is 0 Å². The zero-order valence-electron chi connectivity index (χ0n) is 14.4. The van der Waals surface area contributed by atoms with E-state index in [2.05, 4.69) is 45.0 Å². The molecule has 0 N–H and O–H groups in total. The second-order valence-electron chi connectivity index (χ2n) is 7.61. The van der Waals surface area contributed by atoms with Crippen molar-refractivity contribution in [2.75, 3.05) is 26.3 Å². The van der Waals surface area contributed by atoms with E-state index in [0.717, 1.165) is 31.5 Å². The Morgan fingerprint density at radius 1 is 1.09 bits per heavy atom. The number of piperidine rings is 1. The van der Waals surface area contributed by atoms with Crippen molar-refractivity contribution in [1.29, 1.82) is 0 Å². The first-order valence-electron chi connectivity index (χ1n) is 8.53. The number of amides is 1. The van der Waals surface area contributed by atoms with E-state index in [0.29, 0.717) is 19.6 Å². The van der Waals surface area contributed by atoms with Gasteiger partial charge in [-0.15, -0.1) is 0 Å². The number of hydrogen-bond acceptors (Lipinski definition) is 3. The summed E-state index contributed by atoms with van der Waals surface area (Å²) in [6.45, 7) is 9.39. The van der Waals surface area contributed by atoms with Gasteiger partial charge in [0.25, 0.3) is 0 Å². The molecule has 1 spiro atoms. The van der Waals surface area contributed by atoms with Gasteiger partial charge in [-0.05, 0) is 16.5 Å². The van der Waals surface area contributed by atoms with Crippen LogP contribution >= 0.6 is 0 Å². The molecule has 0 unspecified atom stereocenters. The smallest absolute Gasteiger partial charge is 0.226 e. The summed E-state index contributed by atoms with van der Waals surface area (Å²) >= 11 is 0. The lowest BCUT2D eigenvalue weighted by molar-refractivity contribution is -0.187. The third kappa shape index (κ3) is 3.75. The standard InChI is InChI=1S/C19H27NO3/c1-18(2,3)16-6-4-15(5-7-16)14-17(21)20-10-8-19(9-11-20)22-12-13-23-19/h4-7H,8-14H2,1-3H3. The van der Waals surface area contributed by atoms with Crippen molar-refractivity contribution < 1.29 is 14.3 Å². The van der Waals surface area contributed by atoms with Crippen molar-refractivity contribution in [2.45, 2.75) is 51.2 Å². The Bertz CT molecular complexity index is 543. The maximum absolute atomic E-state index is 12.5. The first kappa shape index (κ1) is 16.5. The lowest BCUT2D eigenvalue weighted by Crippen LogP contribution is -2.47. The van der Waals surface area contributed by atoms with E-state index >= 15 is 0 Å². The second-order valence-corrected chi connectivity index (χ2v) is 7.61. The van der Waals surface area contributed by atoms with Gasteiger partial charge in [-0.2, -0.15) is 0 Å². The zero-order chi connectivity index (χ0) is 16.5. The molecular formula is C19H27NO3. The third-order valence-corrected chi connectivity index (χ3v) is 4.87. The summed E-state index contributed by atoms with van der Waals surface area (Å²) in [7, 11) is 0. The second kappa shape index (κ2) is 6.25. The highest BCUT2D eigenvalue weighted by Gasteiger charge is 2.40. The molecule has 4 nitrogen and oxygen atoms in total. The number of carbonyl (C=O) groups excluding carboxylic acids is 1. The van der Waals surface area contributed by atoms with Crippen LogP contribution in [0.15, 0.2) is 24.3 Å². The van der Waals surface area contributed by atoms with Crippen LogP contribution in [0.4, 0.5) is 0 Å². The minimum Gasteiger partial charge on any atom is -0.347 e. The Morgan fingerprint density at radius 3 is 2.17 bits per heavy atom. The molecule has 3 rings (SSSR count). The van der Waals surface area contributed by atoms with Crippen LogP contribution in [0.2, 0.25) is 0 Å². The van der Waals surface area contributed by atoms with Gasteiger partial charge in [0.1, 0.15) is 0 Å². The van der Waals surface area contributed by atoms with Crippen LogP contribution in [0.25, 0.3) is 0 Å². The van der Waals surface area contributed by atoms with E-state index in [-0.39, 0.29) is 11.3 Å². The minimum absolute atomic E-state index is 0.144. The molecule has 0 saturated carbocycles. The van der Waals surface area contributed by atoms with Gasteiger partial charge in [0, 0.05) is 25.9 Å². The number of ether oxygens (including phenoxy) is 2. The molecule has 126 valence electrons. The number of carbonyl (C=O) groups is 1. The maximum Gasteiger partial charge on any atom is 0.226 e. The lowest BCUT2D eigenvalue weighted by Gasteiger charge is -2.37. The predicted molar refractivity (Wildman–Crippen MR) is 89.3 cm³/mol. The van der Waals surface area contributed by atoms with Crippen LogP contribution in [0, 0.1) is 0 Å². The highest BCUT2D eigenvalue weighted by Crippen LogP contribution is 2.31. The van der Waals surface area contributed by atoms with E-state index < -0.39 is 5.79 Å². The average Bonchev–Trinajstić information content (AvgIpc) is 2.96. The maximum atomic E-state index is 12.5. The Morgan fingerprint density at radius 2 is 1.65 bits per heavy atom. The molecule has 0 radical (unpaired) electrons. The molecule has 0 bridgehead atoms. The van der Waals surface area contributed by atoms with E-state index in [4.69, 9.17) is 9.47 Å². The van der Waals surface area contributed by atoms with Crippen molar-refractivity contribution in [3.8, 4) is 0 Å². The largest absolute Gasteiger partial charge is 0.347 e. The monoisotopic (exact) mass is 317 g/mol. The molecule has 23 heavy (non-hydrogen) atoms. The fraction of sp³-hybridized carbons (Fsp3) is 0.632.